The van der Waals surface area contributed by atoms with Crippen LogP contribution in [-0.2, 0) is 12.1 Å². The van der Waals surface area contributed by atoms with E-state index >= 15 is 0 Å². The number of carbonyl (C=O) groups is 1. The maximum absolute atomic E-state index is 13.8. The molecule has 188 valence electrons. The fraction of sp³-hybridized carbons (Fsp3) is 0.552. The summed E-state index contributed by atoms with van der Waals surface area (Å²) in [5.74, 6) is 1.27. The largest absolute Gasteiger partial charge is 0.497 e. The van der Waals surface area contributed by atoms with Crippen LogP contribution in [0.1, 0.15) is 56.1 Å². The number of carbonyl (C=O) groups excluding carboxylic acids is 1. The highest BCUT2D eigenvalue weighted by molar-refractivity contribution is 5.78. The van der Waals surface area contributed by atoms with Gasteiger partial charge in [-0.2, -0.15) is 0 Å². The van der Waals surface area contributed by atoms with Crippen LogP contribution in [0.15, 0.2) is 48.5 Å². The maximum Gasteiger partial charge on any atom is 0.320 e. The number of benzene rings is 2. The van der Waals surface area contributed by atoms with Crippen molar-refractivity contribution < 1.29 is 13.9 Å². The Balaban J connectivity index is 1.38. The molecular weight excluding hydrogens is 441 g/mol. The Labute approximate surface area is 208 Å². The third kappa shape index (κ3) is 4.42. The van der Waals surface area contributed by atoms with E-state index in [0.29, 0.717) is 12.5 Å². The van der Waals surface area contributed by atoms with E-state index in [1.54, 1.807) is 19.2 Å². The Morgan fingerprint density at radius 3 is 2.20 bits per heavy atom. The summed E-state index contributed by atoms with van der Waals surface area (Å²) in [6.07, 6.45) is 7.57. The predicted octanol–water partition coefficient (Wildman–Crippen LogP) is 5.64. The molecular formula is C29H38FN3O2. The highest BCUT2D eigenvalue weighted by Crippen LogP contribution is 2.49. The smallest absolute Gasteiger partial charge is 0.320 e. The van der Waals surface area contributed by atoms with Gasteiger partial charge in [0.25, 0.3) is 0 Å². The Hall–Kier alpha value is -2.60. The number of halogens is 1. The third-order valence-electron chi connectivity index (χ3n) is 9.00. The molecule has 6 heteroatoms. The van der Waals surface area contributed by atoms with Gasteiger partial charge in [0.2, 0.25) is 0 Å². The topological polar surface area (TPSA) is 36.0 Å². The van der Waals surface area contributed by atoms with Gasteiger partial charge < -0.3 is 14.5 Å². The van der Waals surface area contributed by atoms with E-state index in [1.807, 2.05) is 24.3 Å². The van der Waals surface area contributed by atoms with Crippen LogP contribution in [0.4, 0.5) is 9.18 Å². The summed E-state index contributed by atoms with van der Waals surface area (Å²) < 4.78 is 19.0. The summed E-state index contributed by atoms with van der Waals surface area (Å²) in [7, 11) is 5.93. The molecule has 3 aliphatic rings. The molecule has 1 saturated heterocycles. The molecule has 0 bridgehead atoms. The highest BCUT2D eigenvalue weighted by Gasteiger charge is 2.54. The first-order valence-electron chi connectivity index (χ1n) is 13.0. The van der Waals surface area contributed by atoms with Crippen molar-refractivity contribution in [3.8, 4) is 5.75 Å². The first kappa shape index (κ1) is 24.1. The summed E-state index contributed by atoms with van der Waals surface area (Å²) >= 11 is 0. The van der Waals surface area contributed by atoms with Gasteiger partial charge in [-0.1, -0.05) is 30.7 Å². The highest BCUT2D eigenvalue weighted by atomic mass is 19.1. The zero-order valence-electron chi connectivity index (χ0n) is 21.3. The quantitative estimate of drug-likeness (QED) is 0.516. The summed E-state index contributed by atoms with van der Waals surface area (Å²) in [5.41, 5.74) is 2.04. The van der Waals surface area contributed by atoms with Crippen LogP contribution in [0.3, 0.4) is 0 Å². The van der Waals surface area contributed by atoms with Crippen LogP contribution in [0.5, 0.6) is 5.75 Å². The van der Waals surface area contributed by atoms with Crippen LogP contribution in [0.25, 0.3) is 0 Å². The lowest BCUT2D eigenvalue weighted by Crippen LogP contribution is -2.56. The first-order chi connectivity index (χ1) is 16.8. The number of urea groups is 1. The monoisotopic (exact) mass is 479 g/mol. The molecule has 5 rings (SSSR count). The van der Waals surface area contributed by atoms with Crippen LogP contribution in [-0.4, -0.2) is 60.6 Å². The van der Waals surface area contributed by atoms with E-state index in [-0.39, 0.29) is 22.9 Å². The zero-order valence-corrected chi connectivity index (χ0v) is 21.3. The van der Waals surface area contributed by atoms with Crippen molar-refractivity contribution in [1.29, 1.82) is 0 Å². The molecule has 1 aliphatic heterocycles. The van der Waals surface area contributed by atoms with Gasteiger partial charge in [0, 0.05) is 25.2 Å². The molecule has 3 fully saturated rings. The van der Waals surface area contributed by atoms with Gasteiger partial charge in [0.1, 0.15) is 11.6 Å². The van der Waals surface area contributed by atoms with Gasteiger partial charge in [-0.15, -0.1) is 0 Å². The number of rotatable bonds is 7. The lowest BCUT2D eigenvalue weighted by Gasteiger charge is -2.51. The Morgan fingerprint density at radius 2 is 1.66 bits per heavy atom. The SMILES string of the molecule is COc1ccc(CN2C[C@]3(CC[C@@](c4ccc(F)cc4)(N(C)C)CC3)N(CC3CCC3)C2=O)cc1. The van der Waals surface area contributed by atoms with Gasteiger partial charge in [0.05, 0.1) is 12.6 Å². The molecule has 2 aromatic carbocycles. The van der Waals surface area contributed by atoms with Crippen molar-refractivity contribution >= 4 is 6.03 Å². The molecule has 5 nitrogen and oxygen atoms in total. The molecule has 0 unspecified atom stereocenters. The molecule has 0 aromatic heterocycles. The van der Waals surface area contributed by atoms with E-state index < -0.39 is 0 Å². The van der Waals surface area contributed by atoms with Crippen molar-refractivity contribution in [2.75, 3.05) is 34.3 Å². The fourth-order valence-electron chi connectivity index (χ4n) is 6.47. The van der Waals surface area contributed by atoms with Crippen molar-refractivity contribution in [2.24, 2.45) is 5.92 Å². The molecule has 2 saturated carbocycles. The maximum atomic E-state index is 13.8. The van der Waals surface area contributed by atoms with Gasteiger partial charge >= 0.3 is 6.03 Å². The number of nitrogens with zero attached hydrogens (tertiary/aromatic N) is 3. The zero-order chi connectivity index (χ0) is 24.6. The Bertz CT molecular complexity index is 1020. The van der Waals surface area contributed by atoms with Gasteiger partial charge in [-0.25, -0.2) is 9.18 Å². The number of methoxy groups -OCH3 is 1. The molecule has 1 heterocycles. The molecule has 1 spiro atoms. The lowest BCUT2D eigenvalue weighted by molar-refractivity contribution is 0.0158. The van der Waals surface area contributed by atoms with Crippen LogP contribution in [0, 0.1) is 11.7 Å². The molecule has 0 atom stereocenters. The van der Waals surface area contributed by atoms with E-state index in [1.165, 1.54) is 24.8 Å². The minimum Gasteiger partial charge on any atom is -0.497 e. The summed E-state index contributed by atoms with van der Waals surface area (Å²) in [5, 5.41) is 0. The van der Waals surface area contributed by atoms with Crippen molar-refractivity contribution in [2.45, 2.75) is 62.6 Å². The third-order valence-corrected chi connectivity index (χ3v) is 9.00. The Morgan fingerprint density at radius 1 is 1.00 bits per heavy atom. The second-order valence-electron chi connectivity index (χ2n) is 11.1. The number of amides is 2. The van der Waals surface area contributed by atoms with Gasteiger partial charge in [0.15, 0.2) is 0 Å². The predicted molar refractivity (Wildman–Crippen MR) is 136 cm³/mol. The van der Waals surface area contributed by atoms with Crippen LogP contribution >= 0.6 is 0 Å². The number of hydrogen-bond acceptors (Lipinski definition) is 3. The molecule has 35 heavy (non-hydrogen) atoms. The minimum absolute atomic E-state index is 0.126. The van der Waals surface area contributed by atoms with Gasteiger partial charge in [-0.3, -0.25) is 4.90 Å². The van der Waals surface area contributed by atoms with Crippen molar-refractivity contribution in [3.63, 3.8) is 0 Å². The summed E-state index contributed by atoms with van der Waals surface area (Å²) in [6, 6.07) is 15.3. The standard InChI is InChI=1S/C29H38FN3O2/c1-31(2)29(24-9-11-25(30)12-10-24)17-15-28(16-18-29)21-32(19-23-7-13-26(35-3)14-8-23)27(34)33(28)20-22-5-4-6-22/h7-14,22H,4-6,15-21H2,1-3H3/t28-,29-. The summed E-state index contributed by atoms with van der Waals surface area (Å²) in [6.45, 7) is 2.28. The molecule has 2 aliphatic carbocycles. The van der Waals surface area contributed by atoms with Crippen LogP contribution in [0.2, 0.25) is 0 Å². The molecule has 2 amide bonds. The van der Waals surface area contributed by atoms with Crippen molar-refractivity contribution in [1.82, 2.24) is 14.7 Å². The normalized spacial score (nSPS) is 27.1. The van der Waals surface area contributed by atoms with Gasteiger partial charge in [-0.05, 0) is 93.9 Å². The molecule has 2 aromatic rings. The minimum atomic E-state index is -0.197. The lowest BCUT2D eigenvalue weighted by atomic mass is 9.68. The van der Waals surface area contributed by atoms with E-state index in [4.69, 9.17) is 4.74 Å². The van der Waals surface area contributed by atoms with Crippen LogP contribution < -0.4 is 4.74 Å². The second-order valence-corrected chi connectivity index (χ2v) is 11.1. The fourth-order valence-corrected chi connectivity index (χ4v) is 6.47. The van der Waals surface area contributed by atoms with Crippen molar-refractivity contribution in [3.05, 3.63) is 65.5 Å². The van der Waals surface area contributed by atoms with E-state index in [0.717, 1.165) is 50.1 Å². The Kier molecular flexibility index (Phi) is 6.51. The number of ether oxygens (including phenoxy) is 1. The summed E-state index contributed by atoms with van der Waals surface area (Å²) in [4.78, 5) is 20.4. The average molecular weight is 480 g/mol. The average Bonchev–Trinajstić information content (AvgIpc) is 3.08. The van der Waals surface area contributed by atoms with E-state index in [9.17, 15) is 9.18 Å². The molecule has 0 radical (unpaired) electrons. The first-order valence-corrected chi connectivity index (χ1v) is 13.0. The number of hydrogen-bond donors (Lipinski definition) is 0. The van der Waals surface area contributed by atoms with E-state index in [2.05, 4.69) is 40.9 Å². The second kappa shape index (κ2) is 9.45. The molecule has 0 N–H and O–H groups in total.